The van der Waals surface area contributed by atoms with Crippen LogP contribution in [0.1, 0.15) is 16.7 Å². The molecule has 28 heavy (non-hydrogen) atoms. The molecule has 0 saturated heterocycles. The van der Waals surface area contributed by atoms with E-state index >= 15 is 0 Å². The maximum Gasteiger partial charge on any atom is 0.238 e. The smallest absolute Gasteiger partial charge is 0.238 e. The maximum atomic E-state index is 12.9. The van der Waals surface area contributed by atoms with Crippen molar-refractivity contribution in [3.63, 3.8) is 0 Å². The van der Waals surface area contributed by atoms with Crippen molar-refractivity contribution < 1.29 is 8.42 Å². The number of benzene rings is 2. The van der Waals surface area contributed by atoms with Crippen molar-refractivity contribution in [2.45, 2.75) is 19.6 Å². The number of hydrogen-bond donors (Lipinski definition) is 1. The molecule has 0 atom stereocenters. The average molecular weight is 391 g/mol. The molecule has 1 N–H and O–H groups in total. The van der Waals surface area contributed by atoms with Crippen LogP contribution in [0.2, 0.25) is 0 Å². The van der Waals surface area contributed by atoms with Gasteiger partial charge in [0.1, 0.15) is 11.3 Å². The summed E-state index contributed by atoms with van der Waals surface area (Å²) in [6, 6.07) is 20.8. The van der Waals surface area contributed by atoms with E-state index in [0.717, 1.165) is 22.3 Å². The Morgan fingerprint density at radius 2 is 1.64 bits per heavy atom. The highest BCUT2D eigenvalue weighted by Gasteiger charge is 2.21. The van der Waals surface area contributed by atoms with Crippen molar-refractivity contribution in [3.8, 4) is 11.3 Å². The predicted molar refractivity (Wildman–Crippen MR) is 113 cm³/mol. The van der Waals surface area contributed by atoms with Crippen molar-refractivity contribution in [3.05, 3.63) is 89.6 Å². The summed E-state index contributed by atoms with van der Waals surface area (Å²) in [4.78, 5) is 4.71. The molecule has 4 rings (SSSR count). The molecule has 0 radical (unpaired) electrons. The van der Waals surface area contributed by atoms with E-state index in [4.69, 9.17) is 4.98 Å². The SMILES string of the molecule is Cc1ccc2nc(-c3ccccc3C)c(NS(=O)(=O)Cc3ccccc3)n2c1. The monoisotopic (exact) mass is 391 g/mol. The molecule has 4 aromatic rings. The lowest BCUT2D eigenvalue weighted by molar-refractivity contribution is 0.600. The third kappa shape index (κ3) is 3.64. The van der Waals surface area contributed by atoms with Crippen LogP contribution in [0.3, 0.4) is 0 Å². The summed E-state index contributed by atoms with van der Waals surface area (Å²) in [5.41, 5.74) is 5.01. The van der Waals surface area contributed by atoms with Crippen molar-refractivity contribution in [1.82, 2.24) is 9.38 Å². The number of fused-ring (bicyclic) bond motifs is 1. The summed E-state index contributed by atoms with van der Waals surface area (Å²) >= 11 is 0. The minimum Gasteiger partial charge on any atom is -0.285 e. The zero-order valence-corrected chi connectivity index (χ0v) is 16.6. The van der Waals surface area contributed by atoms with E-state index in [9.17, 15) is 8.42 Å². The third-order valence-corrected chi connectivity index (χ3v) is 5.84. The maximum absolute atomic E-state index is 12.9. The van der Waals surface area contributed by atoms with Crippen molar-refractivity contribution >= 4 is 21.5 Å². The predicted octanol–water partition coefficient (Wildman–Crippen LogP) is 4.56. The fourth-order valence-corrected chi connectivity index (χ4v) is 4.44. The minimum absolute atomic E-state index is 0.0971. The number of pyridine rings is 1. The lowest BCUT2D eigenvalue weighted by Gasteiger charge is -2.11. The lowest BCUT2D eigenvalue weighted by atomic mass is 10.1. The number of imidazole rings is 1. The van der Waals surface area contributed by atoms with Crippen LogP contribution in [0.25, 0.3) is 16.9 Å². The second-order valence-corrected chi connectivity index (χ2v) is 8.63. The largest absolute Gasteiger partial charge is 0.285 e. The Hall–Kier alpha value is -3.12. The van der Waals surface area contributed by atoms with Gasteiger partial charge in [0.2, 0.25) is 10.0 Å². The van der Waals surface area contributed by atoms with Crippen molar-refractivity contribution in [1.29, 1.82) is 0 Å². The Morgan fingerprint density at radius 3 is 2.39 bits per heavy atom. The molecule has 0 aliphatic rings. The minimum atomic E-state index is -3.62. The summed E-state index contributed by atoms with van der Waals surface area (Å²) in [5.74, 6) is 0.365. The number of rotatable bonds is 5. The van der Waals surface area contributed by atoms with Crippen LogP contribution in [0.4, 0.5) is 5.82 Å². The van der Waals surface area contributed by atoms with Gasteiger partial charge in [0.05, 0.1) is 5.75 Å². The Morgan fingerprint density at radius 1 is 0.929 bits per heavy atom. The summed E-state index contributed by atoms with van der Waals surface area (Å²) in [6.07, 6.45) is 1.89. The van der Waals surface area contributed by atoms with Gasteiger partial charge in [-0.25, -0.2) is 13.4 Å². The number of anilines is 1. The number of nitrogens with zero attached hydrogens (tertiary/aromatic N) is 2. The van der Waals surface area contributed by atoms with Gasteiger partial charge in [0.15, 0.2) is 5.82 Å². The molecule has 2 heterocycles. The van der Waals surface area contributed by atoms with Crippen molar-refractivity contribution in [2.75, 3.05) is 4.72 Å². The molecule has 5 nitrogen and oxygen atoms in total. The first-order valence-electron chi connectivity index (χ1n) is 9.02. The van der Waals surface area contributed by atoms with Gasteiger partial charge in [-0.05, 0) is 36.6 Å². The van der Waals surface area contributed by atoms with Gasteiger partial charge >= 0.3 is 0 Å². The lowest BCUT2D eigenvalue weighted by Crippen LogP contribution is -2.17. The van der Waals surface area contributed by atoms with E-state index in [1.807, 2.05) is 74.6 Å². The number of aromatic nitrogens is 2. The Labute approximate surface area is 164 Å². The summed E-state index contributed by atoms with van der Waals surface area (Å²) < 4.78 is 30.4. The Balaban J connectivity index is 1.84. The number of aryl methyl sites for hydroxylation is 2. The van der Waals surface area contributed by atoms with E-state index in [2.05, 4.69) is 4.72 Å². The third-order valence-electron chi connectivity index (χ3n) is 4.62. The molecular formula is C22H21N3O2S. The van der Waals surface area contributed by atoms with E-state index < -0.39 is 10.0 Å². The van der Waals surface area contributed by atoms with Gasteiger partial charge < -0.3 is 0 Å². The van der Waals surface area contributed by atoms with Crippen LogP contribution in [-0.2, 0) is 15.8 Å². The highest BCUT2D eigenvalue weighted by atomic mass is 32.2. The van der Waals surface area contributed by atoms with E-state index in [1.54, 1.807) is 16.5 Å². The van der Waals surface area contributed by atoms with E-state index in [1.165, 1.54) is 0 Å². The van der Waals surface area contributed by atoms with E-state index in [-0.39, 0.29) is 5.75 Å². The highest BCUT2D eigenvalue weighted by molar-refractivity contribution is 7.91. The van der Waals surface area contributed by atoms with Gasteiger partial charge in [0, 0.05) is 11.8 Å². The molecular weight excluding hydrogens is 370 g/mol. The second kappa shape index (κ2) is 7.13. The Bertz CT molecular complexity index is 1250. The number of nitrogens with one attached hydrogen (secondary N) is 1. The molecule has 142 valence electrons. The van der Waals surface area contributed by atoms with Crippen LogP contribution in [0, 0.1) is 13.8 Å². The fourth-order valence-electron chi connectivity index (χ4n) is 3.25. The number of sulfonamides is 1. The van der Waals surface area contributed by atoms with E-state index in [0.29, 0.717) is 17.2 Å². The first kappa shape index (κ1) is 18.3. The van der Waals surface area contributed by atoms with Gasteiger partial charge in [-0.3, -0.25) is 9.12 Å². The molecule has 0 bridgehead atoms. The number of hydrogen-bond acceptors (Lipinski definition) is 3. The van der Waals surface area contributed by atoms with Gasteiger partial charge in [-0.2, -0.15) is 0 Å². The van der Waals surface area contributed by atoms with Crippen LogP contribution in [0.15, 0.2) is 72.9 Å². The first-order valence-corrected chi connectivity index (χ1v) is 10.7. The molecule has 0 amide bonds. The average Bonchev–Trinajstić information content (AvgIpc) is 2.99. The molecule has 6 heteroatoms. The molecule has 2 aromatic heterocycles. The summed E-state index contributed by atoms with van der Waals surface area (Å²) in [5, 5.41) is 0. The van der Waals surface area contributed by atoms with Crippen LogP contribution < -0.4 is 4.72 Å². The Kier molecular flexibility index (Phi) is 4.65. The standard InChI is InChI=1S/C22H21N3O2S/c1-16-12-13-20-23-21(19-11-7-6-8-17(19)2)22(25(20)14-16)24-28(26,27)15-18-9-4-3-5-10-18/h3-14,24H,15H2,1-2H3. The fraction of sp³-hybridized carbons (Fsp3) is 0.136. The zero-order chi connectivity index (χ0) is 19.7. The topological polar surface area (TPSA) is 63.5 Å². The van der Waals surface area contributed by atoms with Gasteiger partial charge in [0.25, 0.3) is 0 Å². The summed E-state index contributed by atoms with van der Waals surface area (Å²) in [6.45, 7) is 3.96. The molecule has 2 aromatic carbocycles. The van der Waals surface area contributed by atoms with Crippen LogP contribution in [-0.4, -0.2) is 17.8 Å². The summed E-state index contributed by atoms with van der Waals surface area (Å²) in [7, 11) is -3.62. The first-order chi connectivity index (χ1) is 13.4. The quantitative estimate of drug-likeness (QED) is 0.542. The molecule has 0 spiro atoms. The van der Waals surface area contributed by atoms with Crippen LogP contribution >= 0.6 is 0 Å². The van der Waals surface area contributed by atoms with Crippen molar-refractivity contribution in [2.24, 2.45) is 0 Å². The second-order valence-electron chi connectivity index (χ2n) is 6.91. The molecule has 0 saturated carbocycles. The zero-order valence-electron chi connectivity index (χ0n) is 15.8. The molecule has 0 unspecified atom stereocenters. The highest BCUT2D eigenvalue weighted by Crippen LogP contribution is 2.32. The van der Waals surface area contributed by atoms with Gasteiger partial charge in [-0.15, -0.1) is 0 Å². The normalized spacial score (nSPS) is 11.6. The molecule has 0 aliphatic heterocycles. The van der Waals surface area contributed by atoms with Gasteiger partial charge in [-0.1, -0.05) is 60.7 Å². The molecule has 0 aliphatic carbocycles. The molecule has 0 fully saturated rings. The van der Waals surface area contributed by atoms with Crippen LogP contribution in [0.5, 0.6) is 0 Å².